The molecule has 2 nitrogen and oxygen atoms in total. The smallest absolute Gasteiger partial charge is 0.128 e. The minimum atomic E-state index is 0.670. The molecule has 17 heavy (non-hydrogen) atoms. The number of aryl methyl sites for hydroxylation is 1. The van der Waals surface area contributed by atoms with Crippen LogP contribution in [0.4, 0.5) is 5.82 Å². The molecule has 1 aliphatic carbocycles. The van der Waals surface area contributed by atoms with Crippen molar-refractivity contribution in [2.45, 2.75) is 52.0 Å². The van der Waals surface area contributed by atoms with Gasteiger partial charge in [-0.15, -0.1) is 0 Å². The fourth-order valence-corrected chi connectivity index (χ4v) is 2.88. The highest BCUT2D eigenvalue weighted by Gasteiger charge is 2.25. The molecule has 0 aliphatic heterocycles. The van der Waals surface area contributed by atoms with Crippen LogP contribution >= 0.6 is 0 Å². The second-order valence-electron chi connectivity index (χ2n) is 5.32. The Morgan fingerprint density at radius 1 is 1.29 bits per heavy atom. The Kier molecular flexibility index (Phi) is 4.03. The van der Waals surface area contributed by atoms with E-state index in [2.05, 4.69) is 42.9 Å². The number of anilines is 1. The van der Waals surface area contributed by atoms with E-state index in [-0.39, 0.29) is 0 Å². The molecule has 1 aliphatic rings. The summed E-state index contributed by atoms with van der Waals surface area (Å²) in [7, 11) is 2.19. The second kappa shape index (κ2) is 5.52. The third kappa shape index (κ3) is 2.80. The quantitative estimate of drug-likeness (QED) is 0.790. The summed E-state index contributed by atoms with van der Waals surface area (Å²) in [5.41, 5.74) is 1.32. The van der Waals surface area contributed by atoms with Crippen LogP contribution < -0.4 is 4.90 Å². The lowest BCUT2D eigenvalue weighted by molar-refractivity contribution is 0.320. The molecule has 1 aromatic rings. The van der Waals surface area contributed by atoms with Crippen LogP contribution in [-0.4, -0.2) is 18.1 Å². The zero-order chi connectivity index (χ0) is 12.3. The zero-order valence-corrected chi connectivity index (χ0v) is 11.3. The van der Waals surface area contributed by atoms with Gasteiger partial charge in [-0.2, -0.15) is 0 Å². The molecule has 1 heterocycles. The SMILES string of the molecule is CCc1ccc(N(C)[C@@H]2CCCC[C@@H]2C)nc1. The summed E-state index contributed by atoms with van der Waals surface area (Å²) in [5.74, 6) is 1.92. The van der Waals surface area contributed by atoms with Crippen LogP contribution in [0.2, 0.25) is 0 Å². The minimum Gasteiger partial charge on any atom is -0.356 e. The standard InChI is InChI=1S/C15H24N2/c1-4-13-9-10-15(16-11-13)17(3)14-8-6-5-7-12(14)2/h9-12,14H,4-8H2,1-3H3/t12-,14+/m0/s1. The lowest BCUT2D eigenvalue weighted by Crippen LogP contribution is -2.39. The van der Waals surface area contributed by atoms with Gasteiger partial charge in [0, 0.05) is 19.3 Å². The highest BCUT2D eigenvalue weighted by Crippen LogP contribution is 2.29. The van der Waals surface area contributed by atoms with Crippen molar-refractivity contribution in [2.24, 2.45) is 5.92 Å². The summed E-state index contributed by atoms with van der Waals surface area (Å²) in [6.45, 7) is 4.55. The molecule has 0 spiro atoms. The molecular weight excluding hydrogens is 208 g/mol. The first-order chi connectivity index (χ1) is 8.22. The molecule has 94 valence electrons. The van der Waals surface area contributed by atoms with E-state index in [4.69, 9.17) is 0 Å². The molecule has 2 rings (SSSR count). The molecule has 0 radical (unpaired) electrons. The molecule has 1 saturated carbocycles. The predicted octanol–water partition coefficient (Wildman–Crippen LogP) is 3.66. The summed E-state index contributed by atoms with van der Waals surface area (Å²) in [6, 6.07) is 5.04. The molecular formula is C15H24N2. The van der Waals surface area contributed by atoms with Crippen LogP contribution in [0.5, 0.6) is 0 Å². The maximum Gasteiger partial charge on any atom is 0.128 e. The highest BCUT2D eigenvalue weighted by atomic mass is 15.2. The fraction of sp³-hybridized carbons (Fsp3) is 0.667. The number of hydrogen-bond acceptors (Lipinski definition) is 2. The Hall–Kier alpha value is -1.05. The molecule has 0 aromatic carbocycles. The number of hydrogen-bond donors (Lipinski definition) is 0. The van der Waals surface area contributed by atoms with Crippen molar-refractivity contribution >= 4 is 5.82 Å². The molecule has 0 unspecified atom stereocenters. The lowest BCUT2D eigenvalue weighted by atomic mass is 9.85. The van der Waals surface area contributed by atoms with Crippen LogP contribution in [0.1, 0.15) is 45.1 Å². The Labute approximate surface area is 105 Å². The zero-order valence-electron chi connectivity index (χ0n) is 11.3. The van der Waals surface area contributed by atoms with Crippen molar-refractivity contribution in [3.63, 3.8) is 0 Å². The average Bonchev–Trinajstić information content (AvgIpc) is 2.39. The van der Waals surface area contributed by atoms with Gasteiger partial charge in [0.1, 0.15) is 5.82 Å². The first-order valence-electron chi connectivity index (χ1n) is 6.90. The fourth-order valence-electron chi connectivity index (χ4n) is 2.88. The maximum absolute atomic E-state index is 4.59. The lowest BCUT2D eigenvalue weighted by Gasteiger charge is -2.37. The third-order valence-corrected chi connectivity index (χ3v) is 4.14. The summed E-state index contributed by atoms with van der Waals surface area (Å²) >= 11 is 0. The topological polar surface area (TPSA) is 16.1 Å². The van der Waals surface area contributed by atoms with Crippen molar-refractivity contribution in [2.75, 3.05) is 11.9 Å². The van der Waals surface area contributed by atoms with Gasteiger partial charge >= 0.3 is 0 Å². The average molecular weight is 232 g/mol. The summed E-state index contributed by atoms with van der Waals surface area (Å²) < 4.78 is 0. The van der Waals surface area contributed by atoms with Gasteiger partial charge in [-0.25, -0.2) is 4.98 Å². The van der Waals surface area contributed by atoms with E-state index < -0.39 is 0 Å². The third-order valence-electron chi connectivity index (χ3n) is 4.14. The molecule has 2 heteroatoms. The Morgan fingerprint density at radius 3 is 2.65 bits per heavy atom. The largest absolute Gasteiger partial charge is 0.356 e. The molecule has 0 amide bonds. The van der Waals surface area contributed by atoms with E-state index in [1.165, 1.54) is 31.2 Å². The Morgan fingerprint density at radius 2 is 2.06 bits per heavy atom. The first-order valence-corrected chi connectivity index (χ1v) is 6.90. The monoisotopic (exact) mass is 232 g/mol. The van der Waals surface area contributed by atoms with Crippen molar-refractivity contribution in [3.05, 3.63) is 23.9 Å². The van der Waals surface area contributed by atoms with Crippen molar-refractivity contribution in [1.29, 1.82) is 0 Å². The predicted molar refractivity (Wildman–Crippen MR) is 73.4 cm³/mol. The van der Waals surface area contributed by atoms with Crippen molar-refractivity contribution in [1.82, 2.24) is 4.98 Å². The first kappa shape index (κ1) is 12.4. The summed E-state index contributed by atoms with van der Waals surface area (Å²) in [4.78, 5) is 6.96. The van der Waals surface area contributed by atoms with Crippen LogP contribution in [0.3, 0.4) is 0 Å². The molecule has 0 bridgehead atoms. The summed E-state index contributed by atoms with van der Waals surface area (Å²) in [6.07, 6.45) is 8.52. The maximum atomic E-state index is 4.59. The van der Waals surface area contributed by atoms with Gasteiger partial charge < -0.3 is 4.90 Å². The van der Waals surface area contributed by atoms with Crippen LogP contribution in [-0.2, 0) is 6.42 Å². The second-order valence-corrected chi connectivity index (χ2v) is 5.32. The van der Waals surface area contributed by atoms with Gasteiger partial charge in [-0.05, 0) is 36.8 Å². The van der Waals surface area contributed by atoms with Gasteiger partial charge in [-0.3, -0.25) is 0 Å². The van der Waals surface area contributed by atoms with Crippen LogP contribution in [0.15, 0.2) is 18.3 Å². The van der Waals surface area contributed by atoms with Crippen molar-refractivity contribution in [3.8, 4) is 0 Å². The normalized spacial score (nSPS) is 24.6. The van der Waals surface area contributed by atoms with Crippen LogP contribution in [0, 0.1) is 5.92 Å². The van der Waals surface area contributed by atoms with Gasteiger partial charge in [0.05, 0.1) is 0 Å². The number of nitrogens with zero attached hydrogens (tertiary/aromatic N) is 2. The number of aromatic nitrogens is 1. The van der Waals surface area contributed by atoms with Crippen LogP contribution in [0.25, 0.3) is 0 Å². The van der Waals surface area contributed by atoms with Gasteiger partial charge in [0.15, 0.2) is 0 Å². The van der Waals surface area contributed by atoms with E-state index in [0.29, 0.717) is 6.04 Å². The Bertz CT molecular complexity index is 344. The van der Waals surface area contributed by atoms with E-state index in [1.807, 2.05) is 6.20 Å². The number of pyridine rings is 1. The van der Waals surface area contributed by atoms with Gasteiger partial charge in [0.2, 0.25) is 0 Å². The summed E-state index contributed by atoms with van der Waals surface area (Å²) in [5, 5.41) is 0. The van der Waals surface area contributed by atoms with Gasteiger partial charge in [0.25, 0.3) is 0 Å². The van der Waals surface area contributed by atoms with Gasteiger partial charge in [-0.1, -0.05) is 32.8 Å². The van der Waals surface area contributed by atoms with E-state index in [0.717, 1.165) is 18.2 Å². The highest BCUT2D eigenvalue weighted by molar-refractivity contribution is 5.39. The van der Waals surface area contributed by atoms with Crippen molar-refractivity contribution < 1.29 is 0 Å². The molecule has 0 N–H and O–H groups in total. The van der Waals surface area contributed by atoms with E-state index in [9.17, 15) is 0 Å². The molecule has 0 saturated heterocycles. The van der Waals surface area contributed by atoms with E-state index >= 15 is 0 Å². The Balaban J connectivity index is 2.09. The number of rotatable bonds is 3. The molecule has 1 fully saturated rings. The van der Waals surface area contributed by atoms with E-state index in [1.54, 1.807) is 0 Å². The molecule has 1 aromatic heterocycles. The minimum absolute atomic E-state index is 0.670. The molecule has 2 atom stereocenters.